The van der Waals surface area contributed by atoms with E-state index < -0.39 is 0 Å². The van der Waals surface area contributed by atoms with Crippen molar-refractivity contribution in [2.24, 2.45) is 0 Å². The molecule has 1 amide bonds. The molecule has 0 aromatic rings. The second kappa shape index (κ2) is 5.04. The summed E-state index contributed by atoms with van der Waals surface area (Å²) < 4.78 is 11.3. The fourth-order valence-corrected chi connectivity index (χ4v) is 2.62. The fraction of sp³-hybridized carbons (Fsp3) is 0.312. The van der Waals surface area contributed by atoms with Gasteiger partial charge in [0.15, 0.2) is 0 Å². The average molecular weight is 271 g/mol. The molecule has 0 aromatic heterocycles. The van der Waals surface area contributed by atoms with E-state index in [4.69, 9.17) is 9.47 Å². The molecule has 1 heterocycles. The van der Waals surface area contributed by atoms with Gasteiger partial charge in [0.1, 0.15) is 17.3 Å². The minimum absolute atomic E-state index is 0.0239. The van der Waals surface area contributed by atoms with Gasteiger partial charge in [0.2, 0.25) is 5.91 Å². The maximum Gasteiger partial charge on any atom is 0.217 e. The first-order valence-corrected chi connectivity index (χ1v) is 6.71. The number of hydrogen-bond donors (Lipinski definition) is 1. The van der Waals surface area contributed by atoms with Crippen LogP contribution in [0.5, 0.6) is 0 Å². The van der Waals surface area contributed by atoms with Crippen molar-refractivity contribution < 1.29 is 14.3 Å². The summed E-state index contributed by atoms with van der Waals surface area (Å²) in [6.45, 7) is 1.53. The maximum absolute atomic E-state index is 11.2. The minimum Gasteiger partial charge on any atom is -0.496 e. The van der Waals surface area contributed by atoms with Gasteiger partial charge in [-0.15, -0.1) is 0 Å². The van der Waals surface area contributed by atoms with Crippen molar-refractivity contribution in [1.82, 2.24) is 5.32 Å². The van der Waals surface area contributed by atoms with Gasteiger partial charge in [-0.25, -0.2) is 0 Å². The predicted octanol–water partition coefficient (Wildman–Crippen LogP) is 2.48. The van der Waals surface area contributed by atoms with Crippen LogP contribution in [0.2, 0.25) is 0 Å². The highest BCUT2D eigenvalue weighted by Crippen LogP contribution is 2.37. The molecule has 4 heteroatoms. The molecule has 0 aromatic carbocycles. The number of methoxy groups -OCH3 is 1. The molecule has 104 valence electrons. The topological polar surface area (TPSA) is 47.6 Å². The third-order valence-electron chi connectivity index (χ3n) is 3.49. The molecule has 0 spiro atoms. The Morgan fingerprint density at radius 1 is 1.35 bits per heavy atom. The monoisotopic (exact) mass is 271 g/mol. The number of fused-ring (bicyclic) bond motifs is 2. The molecule has 1 unspecified atom stereocenters. The van der Waals surface area contributed by atoms with Crippen molar-refractivity contribution in [3.05, 3.63) is 58.8 Å². The van der Waals surface area contributed by atoms with E-state index in [0.717, 1.165) is 41.3 Å². The molecule has 1 aliphatic heterocycles. The molecule has 0 saturated heterocycles. The van der Waals surface area contributed by atoms with Crippen LogP contribution >= 0.6 is 0 Å². The summed E-state index contributed by atoms with van der Waals surface area (Å²) in [6, 6.07) is 0.0239. The van der Waals surface area contributed by atoms with Gasteiger partial charge in [0.25, 0.3) is 0 Å². The molecule has 3 rings (SSSR count). The standard InChI is InChI=1S/C16H17NO3/c1-10(18)17-12-6-7-14-11(8-12)9-13-15(19-2)4-3-5-16(13)20-14/h4-5,7-9,12H,3,6H2,1-2H3,(H,17,18). The molecule has 20 heavy (non-hydrogen) atoms. The van der Waals surface area contributed by atoms with Crippen LogP contribution in [-0.4, -0.2) is 19.1 Å². The van der Waals surface area contributed by atoms with Crippen LogP contribution in [0.15, 0.2) is 58.8 Å². The molecular formula is C16H17NO3. The lowest BCUT2D eigenvalue weighted by Crippen LogP contribution is -2.33. The van der Waals surface area contributed by atoms with Crippen molar-refractivity contribution >= 4 is 5.91 Å². The Morgan fingerprint density at radius 2 is 2.20 bits per heavy atom. The van der Waals surface area contributed by atoms with Crippen LogP contribution in [0.25, 0.3) is 0 Å². The fourth-order valence-electron chi connectivity index (χ4n) is 2.62. The second-order valence-corrected chi connectivity index (χ2v) is 4.97. The quantitative estimate of drug-likeness (QED) is 0.839. The lowest BCUT2D eigenvalue weighted by Gasteiger charge is -2.29. The lowest BCUT2D eigenvalue weighted by molar-refractivity contribution is -0.119. The van der Waals surface area contributed by atoms with Gasteiger partial charge in [-0.3, -0.25) is 4.79 Å². The normalized spacial score (nSPS) is 23.7. The number of ether oxygens (including phenoxy) is 2. The van der Waals surface area contributed by atoms with E-state index in [0.29, 0.717) is 0 Å². The summed E-state index contributed by atoms with van der Waals surface area (Å²) in [5.74, 6) is 2.53. The Hall–Kier alpha value is -2.23. The van der Waals surface area contributed by atoms with E-state index in [2.05, 4.69) is 11.4 Å². The van der Waals surface area contributed by atoms with Crippen LogP contribution in [0.3, 0.4) is 0 Å². The predicted molar refractivity (Wildman–Crippen MR) is 75.3 cm³/mol. The first kappa shape index (κ1) is 12.8. The highest BCUT2D eigenvalue weighted by molar-refractivity contribution is 5.73. The minimum atomic E-state index is -0.0243. The van der Waals surface area contributed by atoms with Gasteiger partial charge >= 0.3 is 0 Å². The zero-order valence-corrected chi connectivity index (χ0v) is 11.6. The number of carbonyl (C=O) groups excluding carboxylic acids is 1. The molecule has 1 atom stereocenters. The van der Waals surface area contributed by atoms with E-state index in [1.165, 1.54) is 6.92 Å². The molecule has 1 N–H and O–H groups in total. The first-order chi connectivity index (χ1) is 9.67. The number of hydrogen-bond acceptors (Lipinski definition) is 3. The summed E-state index contributed by atoms with van der Waals surface area (Å²) >= 11 is 0. The molecule has 0 radical (unpaired) electrons. The van der Waals surface area contributed by atoms with Crippen LogP contribution in [0.4, 0.5) is 0 Å². The van der Waals surface area contributed by atoms with Crippen molar-refractivity contribution in [2.45, 2.75) is 25.8 Å². The highest BCUT2D eigenvalue weighted by atomic mass is 16.5. The lowest BCUT2D eigenvalue weighted by atomic mass is 9.93. The molecule has 0 bridgehead atoms. The summed E-state index contributed by atoms with van der Waals surface area (Å²) in [5, 5.41) is 2.91. The van der Waals surface area contributed by atoms with Gasteiger partial charge in [0.05, 0.1) is 18.7 Å². The number of rotatable bonds is 2. The largest absolute Gasteiger partial charge is 0.496 e. The average Bonchev–Trinajstić information content (AvgIpc) is 2.43. The molecular weight excluding hydrogens is 254 g/mol. The smallest absolute Gasteiger partial charge is 0.217 e. The van der Waals surface area contributed by atoms with Gasteiger partial charge in [0, 0.05) is 12.5 Å². The van der Waals surface area contributed by atoms with E-state index in [-0.39, 0.29) is 11.9 Å². The number of nitrogens with one attached hydrogen (secondary N) is 1. The SMILES string of the molecule is COC1=CCC=C2OC3=CCC(NC(C)=O)C=C3C=C12. The Kier molecular flexibility index (Phi) is 3.22. The van der Waals surface area contributed by atoms with Crippen molar-refractivity contribution in [1.29, 1.82) is 0 Å². The van der Waals surface area contributed by atoms with Gasteiger partial charge in [-0.1, -0.05) is 6.08 Å². The van der Waals surface area contributed by atoms with Gasteiger partial charge < -0.3 is 14.8 Å². The third kappa shape index (κ3) is 2.29. The van der Waals surface area contributed by atoms with Crippen LogP contribution in [-0.2, 0) is 14.3 Å². The molecule has 4 nitrogen and oxygen atoms in total. The van der Waals surface area contributed by atoms with E-state index in [1.807, 2.05) is 24.3 Å². The first-order valence-electron chi connectivity index (χ1n) is 6.71. The van der Waals surface area contributed by atoms with Crippen LogP contribution in [0, 0.1) is 0 Å². The zero-order chi connectivity index (χ0) is 14.1. The van der Waals surface area contributed by atoms with E-state index >= 15 is 0 Å². The Labute approximate surface area is 118 Å². The second-order valence-electron chi connectivity index (χ2n) is 4.97. The van der Waals surface area contributed by atoms with E-state index in [1.54, 1.807) is 7.11 Å². The third-order valence-corrected chi connectivity index (χ3v) is 3.49. The number of allylic oxidation sites excluding steroid dienone is 3. The summed E-state index contributed by atoms with van der Waals surface area (Å²) in [7, 11) is 1.66. The summed E-state index contributed by atoms with van der Waals surface area (Å²) in [4.78, 5) is 11.2. The van der Waals surface area contributed by atoms with Crippen molar-refractivity contribution in [3.63, 3.8) is 0 Å². The molecule has 0 saturated carbocycles. The van der Waals surface area contributed by atoms with Crippen molar-refractivity contribution in [2.75, 3.05) is 7.11 Å². The summed E-state index contributed by atoms with van der Waals surface area (Å²) in [6.07, 6.45) is 11.8. The molecule has 2 aliphatic carbocycles. The number of carbonyl (C=O) groups is 1. The highest BCUT2D eigenvalue weighted by Gasteiger charge is 2.27. The number of amides is 1. The molecule has 3 aliphatic rings. The zero-order valence-electron chi connectivity index (χ0n) is 11.6. The molecule has 0 fully saturated rings. The van der Waals surface area contributed by atoms with Crippen LogP contribution < -0.4 is 5.32 Å². The van der Waals surface area contributed by atoms with E-state index in [9.17, 15) is 4.79 Å². The maximum atomic E-state index is 11.2. The van der Waals surface area contributed by atoms with Crippen LogP contribution in [0.1, 0.15) is 19.8 Å². The summed E-state index contributed by atoms with van der Waals surface area (Å²) in [5.41, 5.74) is 1.96. The van der Waals surface area contributed by atoms with Gasteiger partial charge in [-0.05, 0) is 37.1 Å². The Bertz CT molecular complexity index is 605. The van der Waals surface area contributed by atoms with Gasteiger partial charge in [-0.2, -0.15) is 0 Å². The van der Waals surface area contributed by atoms with Crippen molar-refractivity contribution in [3.8, 4) is 0 Å². The Balaban J connectivity index is 1.93. The Morgan fingerprint density at radius 3 is 2.95 bits per heavy atom.